The first kappa shape index (κ1) is 17.6. The van der Waals surface area contributed by atoms with Crippen molar-refractivity contribution in [1.29, 1.82) is 0 Å². The fourth-order valence-corrected chi connectivity index (χ4v) is 3.97. The van der Waals surface area contributed by atoms with Crippen LogP contribution in [0.1, 0.15) is 16.1 Å². The van der Waals surface area contributed by atoms with Gasteiger partial charge in [0.05, 0.1) is 22.5 Å². The van der Waals surface area contributed by atoms with Crippen molar-refractivity contribution in [3.8, 4) is 22.8 Å². The number of fused-ring (bicyclic) bond motifs is 2. The monoisotopic (exact) mass is 403 g/mol. The number of pyridine rings is 1. The number of hydrogen-bond donors (Lipinski definition) is 1. The molecule has 0 atom stereocenters. The average Bonchev–Trinajstić information content (AvgIpc) is 3.17. The number of carbonyl (C=O) groups excluding carboxylic acids is 1. The largest absolute Gasteiger partial charge is 0.486 e. The summed E-state index contributed by atoms with van der Waals surface area (Å²) in [6, 6.07) is 15.1. The molecule has 1 aliphatic heterocycles. The van der Waals surface area contributed by atoms with Gasteiger partial charge in [-0.2, -0.15) is 0 Å². The Balaban J connectivity index is 1.59. The maximum atomic E-state index is 13.0. The number of amides is 1. The molecule has 0 fully saturated rings. The van der Waals surface area contributed by atoms with Crippen molar-refractivity contribution in [3.05, 3.63) is 65.2 Å². The number of anilines is 1. The van der Waals surface area contributed by atoms with Gasteiger partial charge >= 0.3 is 0 Å². The summed E-state index contributed by atoms with van der Waals surface area (Å²) in [5, 5.41) is 6.17. The Labute approximate surface area is 171 Å². The number of aryl methyl sites for hydroxylation is 1. The molecular formula is C22H17N3O3S. The highest BCUT2D eigenvalue weighted by Crippen LogP contribution is 2.35. The molecule has 0 saturated heterocycles. The summed E-state index contributed by atoms with van der Waals surface area (Å²) < 4.78 is 11.3. The molecule has 1 amide bonds. The highest BCUT2D eigenvalue weighted by Gasteiger charge is 2.17. The maximum absolute atomic E-state index is 13.0. The van der Waals surface area contributed by atoms with Gasteiger partial charge in [-0.25, -0.2) is 9.97 Å². The molecular weight excluding hydrogens is 386 g/mol. The smallest absolute Gasteiger partial charge is 0.258 e. The first-order valence-corrected chi connectivity index (χ1v) is 10.1. The Morgan fingerprint density at radius 3 is 2.69 bits per heavy atom. The number of nitrogens with one attached hydrogen (secondary N) is 1. The molecule has 2 aromatic heterocycles. The van der Waals surface area contributed by atoms with E-state index >= 15 is 0 Å². The molecule has 2 aromatic carbocycles. The number of thiazole rings is 1. The summed E-state index contributed by atoms with van der Waals surface area (Å²) in [6.07, 6.45) is 0. The van der Waals surface area contributed by atoms with E-state index in [0.29, 0.717) is 35.4 Å². The van der Waals surface area contributed by atoms with Gasteiger partial charge < -0.3 is 9.47 Å². The number of aromatic nitrogens is 2. The fourth-order valence-electron chi connectivity index (χ4n) is 3.29. The lowest BCUT2D eigenvalue weighted by atomic mass is 10.0. The molecule has 0 spiro atoms. The lowest BCUT2D eigenvalue weighted by Crippen LogP contribution is -2.15. The average molecular weight is 403 g/mol. The van der Waals surface area contributed by atoms with Crippen LogP contribution in [0, 0.1) is 6.92 Å². The van der Waals surface area contributed by atoms with Crippen molar-refractivity contribution in [2.24, 2.45) is 0 Å². The summed E-state index contributed by atoms with van der Waals surface area (Å²) in [5.41, 5.74) is 3.73. The summed E-state index contributed by atoms with van der Waals surface area (Å²) >= 11 is 1.40. The lowest BCUT2D eigenvalue weighted by molar-refractivity contribution is 0.102. The molecule has 29 heavy (non-hydrogen) atoms. The van der Waals surface area contributed by atoms with Crippen LogP contribution in [-0.4, -0.2) is 29.1 Å². The van der Waals surface area contributed by atoms with E-state index in [-0.39, 0.29) is 5.91 Å². The normalized spacial score (nSPS) is 12.7. The van der Waals surface area contributed by atoms with E-state index in [0.717, 1.165) is 27.9 Å². The zero-order chi connectivity index (χ0) is 19.8. The Kier molecular flexibility index (Phi) is 4.37. The van der Waals surface area contributed by atoms with Crippen molar-refractivity contribution in [2.75, 3.05) is 18.5 Å². The third-order valence-corrected chi connectivity index (χ3v) is 5.51. The van der Waals surface area contributed by atoms with Crippen LogP contribution in [0.3, 0.4) is 0 Å². The second-order valence-corrected chi connectivity index (χ2v) is 7.54. The van der Waals surface area contributed by atoms with E-state index < -0.39 is 0 Å². The molecule has 5 rings (SSSR count). The standard InChI is InChI=1S/C22H17N3O3S/c1-13-12-29-22(23-13)25-21(26)16-11-18(24-17-5-3-2-4-15(16)17)14-6-7-19-20(10-14)28-9-8-27-19/h2-7,10-12H,8-9H2,1H3,(H,23,25,26). The number of para-hydroxylation sites is 1. The summed E-state index contributed by atoms with van der Waals surface area (Å²) in [4.78, 5) is 22.1. The fraction of sp³-hybridized carbons (Fsp3) is 0.136. The molecule has 4 aromatic rings. The molecule has 144 valence electrons. The number of ether oxygens (including phenoxy) is 2. The molecule has 0 radical (unpaired) electrons. The topological polar surface area (TPSA) is 73.3 Å². The molecule has 0 bridgehead atoms. The zero-order valence-electron chi connectivity index (χ0n) is 15.6. The van der Waals surface area contributed by atoms with Gasteiger partial charge in [-0.05, 0) is 37.3 Å². The van der Waals surface area contributed by atoms with Crippen LogP contribution in [0.15, 0.2) is 53.9 Å². The number of rotatable bonds is 3. The summed E-state index contributed by atoms with van der Waals surface area (Å²) in [6.45, 7) is 2.96. The Hall–Kier alpha value is -3.45. The van der Waals surface area contributed by atoms with E-state index in [2.05, 4.69) is 10.3 Å². The van der Waals surface area contributed by atoms with Crippen molar-refractivity contribution in [2.45, 2.75) is 6.92 Å². The van der Waals surface area contributed by atoms with Crippen LogP contribution in [0.5, 0.6) is 11.5 Å². The Bertz CT molecular complexity index is 1240. The van der Waals surface area contributed by atoms with Crippen LogP contribution in [0.4, 0.5) is 5.13 Å². The number of hydrogen-bond acceptors (Lipinski definition) is 6. The first-order chi connectivity index (χ1) is 14.2. The van der Waals surface area contributed by atoms with Crippen LogP contribution >= 0.6 is 11.3 Å². The minimum Gasteiger partial charge on any atom is -0.486 e. The highest BCUT2D eigenvalue weighted by molar-refractivity contribution is 7.13. The number of carbonyl (C=O) groups is 1. The predicted molar refractivity (Wildman–Crippen MR) is 113 cm³/mol. The molecule has 1 N–H and O–H groups in total. The van der Waals surface area contributed by atoms with Gasteiger partial charge in [0, 0.05) is 16.3 Å². The van der Waals surface area contributed by atoms with E-state index in [9.17, 15) is 4.79 Å². The van der Waals surface area contributed by atoms with Crippen molar-refractivity contribution >= 4 is 33.3 Å². The zero-order valence-corrected chi connectivity index (χ0v) is 16.5. The molecule has 3 heterocycles. The third-order valence-electron chi connectivity index (χ3n) is 4.64. The highest BCUT2D eigenvalue weighted by atomic mass is 32.1. The van der Waals surface area contributed by atoms with E-state index in [1.807, 2.05) is 60.8 Å². The van der Waals surface area contributed by atoms with Crippen LogP contribution in [-0.2, 0) is 0 Å². The van der Waals surface area contributed by atoms with Gasteiger partial charge in [-0.1, -0.05) is 18.2 Å². The van der Waals surface area contributed by atoms with Crippen LogP contribution in [0.2, 0.25) is 0 Å². The Morgan fingerprint density at radius 2 is 1.86 bits per heavy atom. The van der Waals surface area contributed by atoms with Gasteiger partial charge in [0.15, 0.2) is 16.6 Å². The van der Waals surface area contributed by atoms with Gasteiger partial charge in [-0.15, -0.1) is 11.3 Å². The quantitative estimate of drug-likeness (QED) is 0.537. The lowest BCUT2D eigenvalue weighted by Gasteiger charge is -2.19. The van der Waals surface area contributed by atoms with E-state index in [1.165, 1.54) is 11.3 Å². The van der Waals surface area contributed by atoms with Crippen LogP contribution in [0.25, 0.3) is 22.2 Å². The first-order valence-electron chi connectivity index (χ1n) is 9.21. The number of benzene rings is 2. The molecule has 7 heteroatoms. The molecule has 1 aliphatic rings. The van der Waals surface area contributed by atoms with Crippen molar-refractivity contribution in [1.82, 2.24) is 9.97 Å². The minimum atomic E-state index is -0.211. The van der Waals surface area contributed by atoms with Gasteiger partial charge in [0.2, 0.25) is 0 Å². The summed E-state index contributed by atoms with van der Waals surface area (Å²) in [7, 11) is 0. The summed E-state index contributed by atoms with van der Waals surface area (Å²) in [5.74, 6) is 1.20. The van der Waals surface area contributed by atoms with Gasteiger partial charge in [-0.3, -0.25) is 10.1 Å². The molecule has 6 nitrogen and oxygen atoms in total. The maximum Gasteiger partial charge on any atom is 0.258 e. The van der Waals surface area contributed by atoms with Crippen molar-refractivity contribution in [3.63, 3.8) is 0 Å². The second-order valence-electron chi connectivity index (χ2n) is 6.68. The third kappa shape index (κ3) is 3.40. The second kappa shape index (κ2) is 7.18. The number of nitrogens with zero attached hydrogens (tertiary/aromatic N) is 2. The van der Waals surface area contributed by atoms with Crippen LogP contribution < -0.4 is 14.8 Å². The van der Waals surface area contributed by atoms with Gasteiger partial charge in [0.25, 0.3) is 5.91 Å². The predicted octanol–water partition coefficient (Wildman–Crippen LogP) is 4.69. The molecule has 0 aliphatic carbocycles. The van der Waals surface area contributed by atoms with E-state index in [1.54, 1.807) is 0 Å². The minimum absolute atomic E-state index is 0.211. The van der Waals surface area contributed by atoms with E-state index in [4.69, 9.17) is 14.5 Å². The van der Waals surface area contributed by atoms with Crippen molar-refractivity contribution < 1.29 is 14.3 Å². The molecule has 0 saturated carbocycles. The molecule has 0 unspecified atom stereocenters. The SMILES string of the molecule is Cc1csc(NC(=O)c2cc(-c3ccc4c(c3)OCCO4)nc3ccccc23)n1. The Morgan fingerprint density at radius 1 is 1.03 bits per heavy atom. The van der Waals surface area contributed by atoms with Gasteiger partial charge in [0.1, 0.15) is 13.2 Å².